The van der Waals surface area contributed by atoms with Crippen molar-refractivity contribution in [3.63, 3.8) is 0 Å². The van der Waals surface area contributed by atoms with Gasteiger partial charge in [0.25, 0.3) is 0 Å². The molecule has 8 heteroatoms. The van der Waals surface area contributed by atoms with Crippen LogP contribution in [0.15, 0.2) is 54.7 Å². The Morgan fingerprint density at radius 2 is 1.94 bits per heavy atom. The number of carbonyl (C=O) groups excluding carboxylic acids is 1. The van der Waals surface area contributed by atoms with Gasteiger partial charge in [-0.05, 0) is 35.9 Å². The zero-order valence-electron chi connectivity index (χ0n) is 17.6. The minimum atomic E-state index is -0.349. The lowest BCUT2D eigenvalue weighted by molar-refractivity contribution is -0.114. The highest BCUT2D eigenvalue weighted by atomic mass is 16.5. The summed E-state index contributed by atoms with van der Waals surface area (Å²) in [4.78, 5) is 23.0. The van der Waals surface area contributed by atoms with Gasteiger partial charge in [-0.3, -0.25) is 4.79 Å². The van der Waals surface area contributed by atoms with Gasteiger partial charge < -0.3 is 20.7 Å². The Balaban J connectivity index is 1.50. The van der Waals surface area contributed by atoms with E-state index in [1.807, 2.05) is 6.07 Å². The largest absolute Gasteiger partial charge is 0.378 e. The van der Waals surface area contributed by atoms with Gasteiger partial charge in [-0.2, -0.15) is 5.26 Å². The smallest absolute Gasteiger partial charge is 0.238 e. The summed E-state index contributed by atoms with van der Waals surface area (Å²) in [5.41, 5.74) is 9.93. The summed E-state index contributed by atoms with van der Waals surface area (Å²) in [7, 11) is 0. The molecule has 0 spiro atoms. The lowest BCUT2D eigenvalue weighted by Gasteiger charge is -2.28. The first-order valence-corrected chi connectivity index (χ1v) is 10.4. The van der Waals surface area contributed by atoms with Gasteiger partial charge in [-0.25, -0.2) is 9.97 Å². The summed E-state index contributed by atoms with van der Waals surface area (Å²) >= 11 is 0. The number of hydrogen-bond donors (Lipinski definition) is 2. The van der Waals surface area contributed by atoms with E-state index in [2.05, 4.69) is 50.5 Å². The molecule has 162 valence electrons. The zero-order valence-corrected chi connectivity index (χ0v) is 17.6. The Morgan fingerprint density at radius 3 is 2.66 bits per heavy atom. The van der Waals surface area contributed by atoms with E-state index in [1.54, 1.807) is 24.4 Å². The Labute approximate surface area is 186 Å². The molecule has 1 aliphatic rings. The lowest BCUT2D eigenvalue weighted by Crippen LogP contribution is -2.36. The summed E-state index contributed by atoms with van der Waals surface area (Å²) in [5.74, 6) is 0.346. The Kier molecular flexibility index (Phi) is 6.70. The molecule has 2 heterocycles. The van der Waals surface area contributed by atoms with E-state index in [1.165, 1.54) is 5.69 Å². The fourth-order valence-electron chi connectivity index (χ4n) is 3.58. The van der Waals surface area contributed by atoms with E-state index in [-0.39, 0.29) is 12.5 Å². The maximum Gasteiger partial charge on any atom is 0.238 e. The van der Waals surface area contributed by atoms with Gasteiger partial charge in [0.2, 0.25) is 5.91 Å². The highest BCUT2D eigenvalue weighted by molar-refractivity contribution is 5.93. The van der Waals surface area contributed by atoms with Crippen molar-refractivity contribution < 1.29 is 9.53 Å². The molecular weight excluding hydrogens is 404 g/mol. The number of nitrogens with zero attached hydrogens (tertiary/aromatic N) is 4. The molecule has 1 saturated heterocycles. The molecule has 3 N–H and O–H groups in total. The van der Waals surface area contributed by atoms with Gasteiger partial charge in [-0.1, -0.05) is 18.2 Å². The second-order valence-electron chi connectivity index (χ2n) is 7.43. The van der Waals surface area contributed by atoms with Crippen molar-refractivity contribution in [1.82, 2.24) is 9.97 Å². The molecule has 8 nitrogen and oxygen atoms in total. The predicted molar refractivity (Wildman–Crippen MR) is 122 cm³/mol. The fraction of sp³-hybridized carbons (Fsp3) is 0.250. The average Bonchev–Trinajstić information content (AvgIpc) is 2.85. The molecule has 0 radical (unpaired) electrons. The summed E-state index contributed by atoms with van der Waals surface area (Å²) in [6.45, 7) is 3.19. The summed E-state index contributed by atoms with van der Waals surface area (Å²) in [6, 6.07) is 17.6. The van der Waals surface area contributed by atoms with Crippen LogP contribution in [0.25, 0.3) is 11.3 Å². The number of morpholine rings is 1. The normalized spacial score (nSPS) is 13.4. The number of anilines is 2. The molecule has 2 aromatic carbocycles. The first-order valence-electron chi connectivity index (χ1n) is 10.4. The minimum Gasteiger partial charge on any atom is -0.378 e. The van der Waals surface area contributed by atoms with Crippen LogP contribution in [-0.2, 0) is 16.0 Å². The fourth-order valence-corrected chi connectivity index (χ4v) is 3.58. The summed E-state index contributed by atoms with van der Waals surface area (Å²) < 4.78 is 5.42. The van der Waals surface area contributed by atoms with Crippen LogP contribution in [0, 0.1) is 11.3 Å². The molecule has 1 amide bonds. The second-order valence-corrected chi connectivity index (χ2v) is 7.43. The SMILES string of the molecule is N#Cc1cc(-c2ccnc(Cc3ccc(N4CCOCC4)cc3)n2)ccc1NC(=O)CN. The number of amides is 1. The van der Waals surface area contributed by atoms with Crippen LogP contribution in [-0.4, -0.2) is 48.7 Å². The third-order valence-electron chi connectivity index (χ3n) is 5.28. The van der Waals surface area contributed by atoms with Crippen LogP contribution in [0.1, 0.15) is 17.0 Å². The highest BCUT2D eigenvalue weighted by Gasteiger charge is 2.12. The number of nitrogens with two attached hydrogens (primary N) is 1. The molecule has 0 atom stereocenters. The van der Waals surface area contributed by atoms with Crippen molar-refractivity contribution in [2.75, 3.05) is 43.1 Å². The van der Waals surface area contributed by atoms with Crippen LogP contribution in [0.4, 0.5) is 11.4 Å². The van der Waals surface area contributed by atoms with E-state index in [0.29, 0.717) is 29.2 Å². The second kappa shape index (κ2) is 10.0. The van der Waals surface area contributed by atoms with Crippen LogP contribution >= 0.6 is 0 Å². The number of aromatic nitrogens is 2. The molecule has 1 fully saturated rings. The third-order valence-corrected chi connectivity index (χ3v) is 5.28. The first-order chi connectivity index (χ1) is 15.7. The maximum atomic E-state index is 11.6. The number of rotatable bonds is 6. The maximum absolute atomic E-state index is 11.6. The number of carbonyl (C=O) groups is 1. The standard InChI is InChI=1S/C24H24N6O2/c25-15-19-14-18(3-6-21(19)29-24(31)16-26)22-7-8-27-23(28-22)13-17-1-4-20(5-2-17)30-9-11-32-12-10-30/h1-8,14H,9-13,16,26H2,(H,29,31). The van der Waals surface area contributed by atoms with E-state index in [9.17, 15) is 10.1 Å². The Morgan fingerprint density at radius 1 is 1.16 bits per heavy atom. The van der Waals surface area contributed by atoms with Crippen molar-refractivity contribution >= 4 is 17.3 Å². The third kappa shape index (κ3) is 5.09. The van der Waals surface area contributed by atoms with Gasteiger partial charge in [0.15, 0.2) is 0 Å². The average molecular weight is 428 g/mol. The van der Waals surface area contributed by atoms with Crippen molar-refractivity contribution in [2.24, 2.45) is 5.73 Å². The molecular formula is C24H24N6O2. The van der Waals surface area contributed by atoms with Crippen LogP contribution in [0.2, 0.25) is 0 Å². The molecule has 32 heavy (non-hydrogen) atoms. The highest BCUT2D eigenvalue weighted by Crippen LogP contribution is 2.24. The van der Waals surface area contributed by atoms with Crippen molar-refractivity contribution in [1.29, 1.82) is 5.26 Å². The minimum absolute atomic E-state index is 0.144. The monoisotopic (exact) mass is 428 g/mol. The zero-order chi connectivity index (χ0) is 22.3. The first kappa shape index (κ1) is 21.4. The van der Waals surface area contributed by atoms with Gasteiger partial charge in [0.1, 0.15) is 11.9 Å². The van der Waals surface area contributed by atoms with Crippen LogP contribution in [0.5, 0.6) is 0 Å². The van der Waals surface area contributed by atoms with Gasteiger partial charge >= 0.3 is 0 Å². The van der Waals surface area contributed by atoms with Gasteiger partial charge in [0, 0.05) is 37.0 Å². The van der Waals surface area contributed by atoms with Crippen molar-refractivity contribution in [2.45, 2.75) is 6.42 Å². The molecule has 0 aliphatic carbocycles. The number of benzene rings is 2. The van der Waals surface area contributed by atoms with Crippen molar-refractivity contribution in [3.05, 3.63) is 71.7 Å². The molecule has 0 bridgehead atoms. The van der Waals surface area contributed by atoms with Gasteiger partial charge in [0.05, 0.1) is 36.7 Å². The summed E-state index contributed by atoms with van der Waals surface area (Å²) in [6.07, 6.45) is 2.32. The van der Waals surface area contributed by atoms with Crippen molar-refractivity contribution in [3.8, 4) is 17.3 Å². The summed E-state index contributed by atoms with van der Waals surface area (Å²) in [5, 5.41) is 12.1. The van der Waals surface area contributed by atoms with Crippen LogP contribution in [0.3, 0.4) is 0 Å². The number of nitrogens with one attached hydrogen (secondary N) is 1. The van der Waals surface area contributed by atoms with E-state index in [0.717, 1.165) is 37.4 Å². The number of ether oxygens (including phenoxy) is 1. The quantitative estimate of drug-likeness (QED) is 0.619. The molecule has 3 aromatic rings. The number of hydrogen-bond acceptors (Lipinski definition) is 7. The molecule has 1 aliphatic heterocycles. The Bertz CT molecular complexity index is 1130. The predicted octanol–water partition coefficient (Wildman–Crippen LogP) is 2.34. The molecule has 0 saturated carbocycles. The van der Waals surface area contributed by atoms with E-state index in [4.69, 9.17) is 10.5 Å². The van der Waals surface area contributed by atoms with E-state index >= 15 is 0 Å². The van der Waals surface area contributed by atoms with Gasteiger partial charge in [-0.15, -0.1) is 0 Å². The molecule has 0 unspecified atom stereocenters. The Hall–Kier alpha value is -3.80. The van der Waals surface area contributed by atoms with Crippen LogP contribution < -0.4 is 16.0 Å². The molecule has 1 aromatic heterocycles. The molecule has 4 rings (SSSR count). The number of nitriles is 1. The topological polar surface area (TPSA) is 117 Å². The van der Waals surface area contributed by atoms with E-state index < -0.39 is 0 Å². The lowest BCUT2D eigenvalue weighted by atomic mass is 10.1.